The van der Waals surface area contributed by atoms with Crippen molar-refractivity contribution in [3.63, 3.8) is 0 Å². The van der Waals surface area contributed by atoms with E-state index in [1.165, 1.54) is 6.07 Å². The molecule has 0 saturated heterocycles. The number of halogens is 3. The van der Waals surface area contributed by atoms with Crippen molar-refractivity contribution in [2.45, 2.75) is 25.4 Å². The van der Waals surface area contributed by atoms with Crippen molar-refractivity contribution in [3.05, 3.63) is 59.9 Å². The molecule has 0 amide bonds. The first-order chi connectivity index (χ1) is 12.9. The van der Waals surface area contributed by atoms with E-state index in [0.29, 0.717) is 11.3 Å². The predicted molar refractivity (Wildman–Crippen MR) is 93.4 cm³/mol. The summed E-state index contributed by atoms with van der Waals surface area (Å²) in [5, 5.41) is 10.2. The Bertz CT molecular complexity index is 891. The highest BCUT2D eigenvalue weighted by Gasteiger charge is 2.37. The molecule has 0 fully saturated rings. The van der Waals surface area contributed by atoms with Crippen LogP contribution in [0.3, 0.4) is 0 Å². The zero-order valence-electron chi connectivity index (χ0n) is 14.6. The largest absolute Gasteiger partial charge is 0.497 e. The Kier molecular flexibility index (Phi) is 5.67. The lowest BCUT2D eigenvalue weighted by Gasteiger charge is -2.16. The average molecular weight is 380 g/mol. The molecule has 1 atom stereocenters. The first-order valence-electron chi connectivity index (χ1n) is 8.29. The fourth-order valence-corrected chi connectivity index (χ4v) is 2.77. The summed E-state index contributed by atoms with van der Waals surface area (Å²) in [6, 6.07) is 13.5. The molecular formula is C19H19F3N2O3. The number of hydrogen-bond acceptors (Lipinski definition) is 4. The number of aromatic nitrogens is 2. The van der Waals surface area contributed by atoms with E-state index >= 15 is 0 Å². The third-order valence-electron chi connectivity index (χ3n) is 4.04. The Hall–Kier alpha value is -2.58. The van der Waals surface area contributed by atoms with Gasteiger partial charge in [-0.15, -0.1) is 0 Å². The number of aliphatic hydroxyl groups excluding tert-OH is 1. The third-order valence-corrected chi connectivity index (χ3v) is 4.04. The summed E-state index contributed by atoms with van der Waals surface area (Å²) in [5.74, 6) is -0.316. The van der Waals surface area contributed by atoms with E-state index in [2.05, 4.69) is 4.98 Å². The monoisotopic (exact) mass is 380 g/mol. The van der Waals surface area contributed by atoms with E-state index in [1.54, 1.807) is 37.4 Å². The molecule has 1 N–H and O–H groups in total. The van der Waals surface area contributed by atoms with E-state index in [-0.39, 0.29) is 25.3 Å². The van der Waals surface area contributed by atoms with Crippen LogP contribution >= 0.6 is 0 Å². The van der Waals surface area contributed by atoms with Crippen molar-refractivity contribution < 1.29 is 27.8 Å². The lowest BCUT2D eigenvalue weighted by Crippen LogP contribution is -2.25. The number of nitrogens with zero attached hydrogens (tertiary/aromatic N) is 2. The maximum Gasteiger partial charge on any atom is 0.449 e. The smallest absolute Gasteiger partial charge is 0.449 e. The summed E-state index contributed by atoms with van der Waals surface area (Å²) in [4.78, 5) is 3.66. The number of benzene rings is 2. The minimum absolute atomic E-state index is 0.101. The quantitative estimate of drug-likeness (QED) is 0.680. The summed E-state index contributed by atoms with van der Waals surface area (Å²) in [7, 11) is 1.57. The lowest BCUT2D eigenvalue weighted by molar-refractivity contribution is -0.147. The molecule has 1 heterocycles. The molecule has 1 aromatic heterocycles. The molecule has 5 nitrogen and oxygen atoms in total. The van der Waals surface area contributed by atoms with Crippen LogP contribution in [0, 0.1) is 0 Å². The molecular weight excluding hydrogens is 361 g/mol. The summed E-state index contributed by atoms with van der Waals surface area (Å²) < 4.78 is 51.3. The summed E-state index contributed by atoms with van der Waals surface area (Å²) in [6.07, 6.45) is -5.72. The van der Waals surface area contributed by atoms with Gasteiger partial charge in [0, 0.05) is 0 Å². The number of aliphatic hydroxyl groups is 1. The number of ether oxygens (including phenoxy) is 2. The van der Waals surface area contributed by atoms with Gasteiger partial charge in [0.2, 0.25) is 5.82 Å². The Morgan fingerprint density at radius 1 is 1.11 bits per heavy atom. The Balaban J connectivity index is 1.65. The van der Waals surface area contributed by atoms with Gasteiger partial charge in [0.15, 0.2) is 0 Å². The molecule has 0 aliphatic rings. The molecule has 0 saturated carbocycles. The highest BCUT2D eigenvalue weighted by molar-refractivity contribution is 5.76. The van der Waals surface area contributed by atoms with Crippen molar-refractivity contribution in [3.8, 4) is 5.75 Å². The molecule has 27 heavy (non-hydrogen) atoms. The zero-order chi connectivity index (χ0) is 19.4. The van der Waals surface area contributed by atoms with Gasteiger partial charge in [-0.05, 0) is 29.8 Å². The minimum atomic E-state index is -4.61. The second-order valence-electron chi connectivity index (χ2n) is 6.05. The topological polar surface area (TPSA) is 56.5 Å². The first kappa shape index (κ1) is 19.2. The van der Waals surface area contributed by atoms with Gasteiger partial charge in [-0.3, -0.25) is 0 Å². The van der Waals surface area contributed by atoms with Crippen molar-refractivity contribution in [1.29, 1.82) is 0 Å². The molecule has 8 heteroatoms. The second kappa shape index (κ2) is 7.98. The molecule has 3 rings (SSSR count). The van der Waals surface area contributed by atoms with Crippen LogP contribution in [0.2, 0.25) is 0 Å². The lowest BCUT2D eigenvalue weighted by atomic mass is 10.2. The van der Waals surface area contributed by atoms with Crippen LogP contribution < -0.4 is 4.74 Å². The van der Waals surface area contributed by atoms with Crippen molar-refractivity contribution in [2.75, 3.05) is 13.7 Å². The van der Waals surface area contributed by atoms with E-state index < -0.39 is 18.1 Å². The fraction of sp³-hybridized carbons (Fsp3) is 0.316. The number of rotatable bonds is 7. The third kappa shape index (κ3) is 4.58. The van der Waals surface area contributed by atoms with Gasteiger partial charge in [-0.1, -0.05) is 24.3 Å². The molecule has 0 aliphatic carbocycles. The molecule has 3 aromatic rings. The molecule has 144 valence electrons. The van der Waals surface area contributed by atoms with Gasteiger partial charge >= 0.3 is 6.18 Å². The van der Waals surface area contributed by atoms with Gasteiger partial charge in [0.05, 0.1) is 44.0 Å². The number of imidazole rings is 1. The SMILES string of the molecule is COc1ccc(COCC(O)Cn2c(C(F)(F)F)nc3ccccc32)cc1. The maximum atomic E-state index is 13.3. The van der Waals surface area contributed by atoms with Gasteiger partial charge in [0.1, 0.15) is 5.75 Å². The number of hydrogen-bond donors (Lipinski definition) is 1. The van der Waals surface area contributed by atoms with Gasteiger partial charge in [-0.25, -0.2) is 4.98 Å². The minimum Gasteiger partial charge on any atom is -0.497 e. The Morgan fingerprint density at radius 2 is 1.81 bits per heavy atom. The van der Waals surface area contributed by atoms with Gasteiger partial charge < -0.3 is 19.1 Å². The van der Waals surface area contributed by atoms with E-state index in [9.17, 15) is 18.3 Å². The van der Waals surface area contributed by atoms with Crippen LogP contribution in [0.1, 0.15) is 11.4 Å². The van der Waals surface area contributed by atoms with E-state index in [0.717, 1.165) is 10.1 Å². The van der Waals surface area contributed by atoms with Crippen LogP contribution in [0.5, 0.6) is 5.75 Å². The van der Waals surface area contributed by atoms with Crippen LogP contribution in [-0.2, 0) is 24.1 Å². The van der Waals surface area contributed by atoms with Crippen molar-refractivity contribution >= 4 is 11.0 Å². The summed E-state index contributed by atoms with van der Waals surface area (Å²) in [6.45, 7) is -0.133. The summed E-state index contributed by atoms with van der Waals surface area (Å²) in [5.41, 5.74) is 1.42. The second-order valence-corrected chi connectivity index (χ2v) is 6.05. The number of alkyl halides is 3. The van der Waals surface area contributed by atoms with Crippen LogP contribution in [0.15, 0.2) is 48.5 Å². The van der Waals surface area contributed by atoms with Crippen molar-refractivity contribution in [1.82, 2.24) is 9.55 Å². The highest BCUT2D eigenvalue weighted by Crippen LogP contribution is 2.31. The number of para-hydroxylation sites is 2. The van der Waals surface area contributed by atoms with Crippen LogP contribution in [0.25, 0.3) is 11.0 Å². The zero-order valence-corrected chi connectivity index (χ0v) is 14.6. The van der Waals surface area contributed by atoms with Gasteiger partial charge in [-0.2, -0.15) is 13.2 Å². The van der Waals surface area contributed by atoms with Crippen LogP contribution in [-0.4, -0.2) is 34.5 Å². The standard InChI is InChI=1S/C19H19F3N2O3/c1-26-15-8-6-13(7-9-15)11-27-12-14(25)10-24-17-5-3-2-4-16(17)23-18(24)19(20,21)22/h2-9,14,25H,10-12H2,1H3. The molecule has 1 unspecified atom stereocenters. The molecule has 0 bridgehead atoms. The average Bonchev–Trinajstić information content (AvgIpc) is 3.01. The highest BCUT2D eigenvalue weighted by atomic mass is 19.4. The molecule has 2 aromatic carbocycles. The van der Waals surface area contributed by atoms with E-state index in [4.69, 9.17) is 9.47 Å². The van der Waals surface area contributed by atoms with Crippen molar-refractivity contribution in [2.24, 2.45) is 0 Å². The first-order valence-corrected chi connectivity index (χ1v) is 8.29. The number of methoxy groups -OCH3 is 1. The predicted octanol–water partition coefficient (Wildman–Crippen LogP) is 3.64. The summed E-state index contributed by atoms with van der Waals surface area (Å²) >= 11 is 0. The molecule has 0 radical (unpaired) electrons. The normalized spacial score (nSPS) is 13.1. The Labute approximate surface area is 154 Å². The fourth-order valence-electron chi connectivity index (χ4n) is 2.77. The van der Waals surface area contributed by atoms with Crippen LogP contribution in [0.4, 0.5) is 13.2 Å². The number of fused-ring (bicyclic) bond motifs is 1. The Morgan fingerprint density at radius 3 is 2.48 bits per heavy atom. The molecule has 0 aliphatic heterocycles. The van der Waals surface area contributed by atoms with Gasteiger partial charge in [0.25, 0.3) is 0 Å². The maximum absolute atomic E-state index is 13.3. The van der Waals surface area contributed by atoms with E-state index in [1.807, 2.05) is 12.1 Å². The molecule has 0 spiro atoms.